The number of ether oxygens (including phenoxy) is 2. The highest BCUT2D eigenvalue weighted by Crippen LogP contribution is 2.35. The molecule has 0 spiro atoms. The molecule has 0 fully saturated rings. The molecule has 8 heteroatoms. The van der Waals surface area contributed by atoms with Crippen LogP contribution >= 0.6 is 0 Å². The molecular weight excluding hydrogens is 354 g/mol. The third-order valence-corrected chi connectivity index (χ3v) is 6.53. The van der Waals surface area contributed by atoms with Crippen LogP contribution in [0.15, 0.2) is 53.8 Å². The average molecular weight is 373 g/mol. The molecule has 2 aromatic heterocycles. The van der Waals surface area contributed by atoms with Crippen LogP contribution in [0.2, 0.25) is 0 Å². The third kappa shape index (κ3) is 2.71. The van der Waals surface area contributed by atoms with Crippen molar-refractivity contribution in [2.24, 2.45) is 0 Å². The highest BCUT2D eigenvalue weighted by Gasteiger charge is 2.29. The Bertz CT molecular complexity index is 1060. The number of aromatic nitrogens is 2. The van der Waals surface area contributed by atoms with Gasteiger partial charge >= 0.3 is 0 Å². The molecule has 7 nitrogen and oxygen atoms in total. The zero-order chi connectivity index (χ0) is 18.3. The summed E-state index contributed by atoms with van der Waals surface area (Å²) in [5.74, 6) is 1.32. The summed E-state index contributed by atoms with van der Waals surface area (Å²) in [6.07, 6.45) is 3.08. The maximum atomic E-state index is 13.1. The second-order valence-electron chi connectivity index (χ2n) is 6.13. The molecule has 26 heavy (non-hydrogen) atoms. The molecule has 0 radical (unpaired) electrons. The first-order chi connectivity index (χ1) is 12.5. The number of sulfonamides is 1. The molecule has 0 amide bonds. The van der Waals surface area contributed by atoms with E-state index in [2.05, 4.69) is 4.98 Å². The number of rotatable bonds is 4. The zero-order valence-electron chi connectivity index (χ0n) is 14.5. The summed E-state index contributed by atoms with van der Waals surface area (Å²) in [5.41, 5.74) is 1.42. The molecule has 0 aliphatic carbocycles. The first-order valence-corrected chi connectivity index (χ1v) is 9.72. The first kappa shape index (κ1) is 16.9. The second-order valence-corrected chi connectivity index (χ2v) is 8.07. The van der Waals surface area contributed by atoms with Crippen LogP contribution in [0.4, 0.5) is 0 Å². The van der Waals surface area contributed by atoms with E-state index in [0.29, 0.717) is 30.4 Å². The van der Waals surface area contributed by atoms with Crippen LogP contribution in [-0.4, -0.2) is 42.4 Å². The molecule has 1 atom stereocenters. The van der Waals surface area contributed by atoms with E-state index in [1.54, 1.807) is 29.8 Å². The molecule has 1 aliphatic rings. The number of pyridine rings is 1. The van der Waals surface area contributed by atoms with Gasteiger partial charge in [-0.05, 0) is 36.8 Å². The molecule has 1 aliphatic heterocycles. The normalized spacial score (nSPS) is 15.3. The molecule has 3 heterocycles. The van der Waals surface area contributed by atoms with Crippen LogP contribution in [0.1, 0.15) is 18.5 Å². The van der Waals surface area contributed by atoms with Gasteiger partial charge in [0.1, 0.15) is 18.9 Å². The lowest BCUT2D eigenvalue weighted by Gasteiger charge is -2.26. The standard InChI is InChI=1S/C18H19N3O4S/c1-13(14-6-7-15-16(11-14)25-10-9-24-15)20(2)26(22,23)18-12-19-17-5-3-4-8-21(17)18/h3-8,11-13H,9-10H2,1-2H3. The van der Waals surface area contributed by atoms with Gasteiger partial charge in [-0.1, -0.05) is 12.1 Å². The van der Waals surface area contributed by atoms with Crippen LogP contribution in [0.3, 0.4) is 0 Å². The lowest BCUT2D eigenvalue weighted by Crippen LogP contribution is -2.30. The Morgan fingerprint density at radius 1 is 1.15 bits per heavy atom. The predicted molar refractivity (Wildman–Crippen MR) is 96.0 cm³/mol. The van der Waals surface area contributed by atoms with E-state index in [0.717, 1.165) is 5.56 Å². The highest BCUT2D eigenvalue weighted by atomic mass is 32.2. The van der Waals surface area contributed by atoms with Crippen molar-refractivity contribution in [2.75, 3.05) is 20.3 Å². The molecule has 0 saturated carbocycles. The van der Waals surface area contributed by atoms with Gasteiger partial charge in [0.15, 0.2) is 16.5 Å². The van der Waals surface area contributed by atoms with Crippen molar-refractivity contribution in [3.8, 4) is 11.5 Å². The van der Waals surface area contributed by atoms with Gasteiger partial charge in [0.05, 0.1) is 6.20 Å². The van der Waals surface area contributed by atoms with E-state index < -0.39 is 10.0 Å². The van der Waals surface area contributed by atoms with Gasteiger partial charge in [0, 0.05) is 19.3 Å². The number of fused-ring (bicyclic) bond motifs is 2. The van der Waals surface area contributed by atoms with Crippen LogP contribution < -0.4 is 9.47 Å². The summed E-state index contributed by atoms with van der Waals surface area (Å²) in [4.78, 5) is 4.18. The van der Waals surface area contributed by atoms with Gasteiger partial charge in [-0.15, -0.1) is 0 Å². The van der Waals surface area contributed by atoms with Crippen molar-refractivity contribution in [3.05, 3.63) is 54.4 Å². The quantitative estimate of drug-likeness (QED) is 0.702. The Morgan fingerprint density at radius 3 is 2.73 bits per heavy atom. The van der Waals surface area contributed by atoms with Crippen molar-refractivity contribution in [1.82, 2.24) is 13.7 Å². The summed E-state index contributed by atoms with van der Waals surface area (Å²) in [7, 11) is -2.16. The van der Waals surface area contributed by atoms with E-state index in [1.165, 1.54) is 10.5 Å². The minimum atomic E-state index is -3.73. The fourth-order valence-electron chi connectivity index (χ4n) is 2.99. The molecule has 4 rings (SSSR count). The number of imidazole rings is 1. The predicted octanol–water partition coefficient (Wildman–Crippen LogP) is 2.49. The Morgan fingerprint density at radius 2 is 1.92 bits per heavy atom. The number of nitrogens with zero attached hydrogens (tertiary/aromatic N) is 3. The van der Waals surface area contributed by atoms with Crippen molar-refractivity contribution in [1.29, 1.82) is 0 Å². The van der Waals surface area contributed by atoms with Crippen molar-refractivity contribution >= 4 is 15.7 Å². The average Bonchev–Trinajstić information content (AvgIpc) is 3.11. The summed E-state index contributed by atoms with van der Waals surface area (Å²) < 4.78 is 40.3. The fourth-order valence-corrected chi connectivity index (χ4v) is 4.41. The maximum absolute atomic E-state index is 13.1. The number of benzene rings is 1. The van der Waals surface area contributed by atoms with Crippen LogP contribution in [0.5, 0.6) is 11.5 Å². The Kier molecular flexibility index (Phi) is 4.08. The van der Waals surface area contributed by atoms with Gasteiger partial charge in [0.2, 0.25) is 0 Å². The fraction of sp³-hybridized carbons (Fsp3) is 0.278. The lowest BCUT2D eigenvalue weighted by molar-refractivity contribution is 0.171. The van der Waals surface area contributed by atoms with E-state index >= 15 is 0 Å². The van der Waals surface area contributed by atoms with E-state index in [-0.39, 0.29) is 11.1 Å². The molecule has 3 aromatic rings. The molecular formula is C18H19N3O4S. The van der Waals surface area contributed by atoms with Gasteiger partial charge in [0.25, 0.3) is 10.0 Å². The highest BCUT2D eigenvalue weighted by molar-refractivity contribution is 7.89. The Balaban J connectivity index is 1.68. The second kappa shape index (κ2) is 6.30. The van der Waals surface area contributed by atoms with Gasteiger partial charge in [-0.2, -0.15) is 4.31 Å². The summed E-state index contributed by atoms with van der Waals surface area (Å²) in [6.45, 7) is 2.84. The van der Waals surface area contributed by atoms with E-state index in [4.69, 9.17) is 9.47 Å². The van der Waals surface area contributed by atoms with E-state index in [1.807, 2.05) is 31.2 Å². The SMILES string of the molecule is CC(c1ccc2c(c1)OCCO2)N(C)S(=O)(=O)c1cnc2ccccn12. The van der Waals surface area contributed by atoms with Gasteiger partial charge in [-0.3, -0.25) is 4.40 Å². The van der Waals surface area contributed by atoms with Crippen molar-refractivity contribution < 1.29 is 17.9 Å². The third-order valence-electron chi connectivity index (χ3n) is 4.62. The summed E-state index contributed by atoms with van der Waals surface area (Å²) in [6, 6.07) is 10.5. The Hall–Kier alpha value is -2.58. The molecule has 1 unspecified atom stereocenters. The smallest absolute Gasteiger partial charge is 0.260 e. The van der Waals surface area contributed by atoms with Crippen LogP contribution in [0, 0.1) is 0 Å². The molecule has 0 saturated heterocycles. The lowest BCUT2D eigenvalue weighted by atomic mass is 10.1. The van der Waals surface area contributed by atoms with Crippen LogP contribution in [0.25, 0.3) is 5.65 Å². The largest absolute Gasteiger partial charge is 0.486 e. The number of hydrogen-bond acceptors (Lipinski definition) is 5. The monoisotopic (exact) mass is 373 g/mol. The Labute approximate surface area is 151 Å². The summed E-state index contributed by atoms with van der Waals surface area (Å²) >= 11 is 0. The van der Waals surface area contributed by atoms with Gasteiger partial charge < -0.3 is 9.47 Å². The molecule has 0 N–H and O–H groups in total. The minimum absolute atomic E-state index is 0.139. The van der Waals surface area contributed by atoms with Crippen molar-refractivity contribution in [3.63, 3.8) is 0 Å². The van der Waals surface area contributed by atoms with Gasteiger partial charge in [-0.25, -0.2) is 13.4 Å². The topological polar surface area (TPSA) is 73.1 Å². The molecule has 1 aromatic carbocycles. The number of hydrogen-bond donors (Lipinski definition) is 0. The van der Waals surface area contributed by atoms with Crippen LogP contribution in [-0.2, 0) is 10.0 Å². The molecule has 136 valence electrons. The molecule has 0 bridgehead atoms. The maximum Gasteiger partial charge on any atom is 0.260 e. The zero-order valence-corrected chi connectivity index (χ0v) is 15.3. The van der Waals surface area contributed by atoms with Crippen molar-refractivity contribution in [2.45, 2.75) is 18.0 Å². The van der Waals surface area contributed by atoms with E-state index in [9.17, 15) is 8.42 Å². The summed E-state index contributed by atoms with van der Waals surface area (Å²) in [5, 5.41) is 0.139. The minimum Gasteiger partial charge on any atom is -0.486 e. The first-order valence-electron chi connectivity index (χ1n) is 8.28.